The Balaban J connectivity index is 2.22. The van der Waals surface area contributed by atoms with Crippen molar-refractivity contribution in [2.24, 2.45) is 0 Å². The SMILES string of the molecule is CN(Cc1cc(C(=O)O)ccc1Cl)C1CCCCC1S(C)(=O)=O. The summed E-state index contributed by atoms with van der Waals surface area (Å²) in [4.78, 5) is 13.1. The lowest BCUT2D eigenvalue weighted by Gasteiger charge is -2.37. The number of benzene rings is 1. The van der Waals surface area contributed by atoms with Crippen LogP contribution >= 0.6 is 11.6 Å². The standard InChI is InChI=1S/C16H22ClNO4S/c1-18(14-5-3-4-6-15(14)23(2,21)22)10-12-9-11(16(19)20)7-8-13(12)17/h7-9,14-15H,3-6,10H2,1-2H3,(H,19,20). The van der Waals surface area contributed by atoms with E-state index in [4.69, 9.17) is 16.7 Å². The van der Waals surface area contributed by atoms with E-state index in [9.17, 15) is 13.2 Å². The van der Waals surface area contributed by atoms with Gasteiger partial charge in [-0.1, -0.05) is 24.4 Å². The molecule has 1 aliphatic carbocycles. The Bertz CT molecular complexity index is 689. The van der Waals surface area contributed by atoms with Gasteiger partial charge in [0.05, 0.1) is 10.8 Å². The maximum Gasteiger partial charge on any atom is 0.335 e. The summed E-state index contributed by atoms with van der Waals surface area (Å²) < 4.78 is 24.1. The monoisotopic (exact) mass is 359 g/mol. The molecule has 0 heterocycles. The van der Waals surface area contributed by atoms with E-state index in [-0.39, 0.29) is 16.9 Å². The maximum atomic E-state index is 12.0. The highest BCUT2D eigenvalue weighted by atomic mass is 35.5. The van der Waals surface area contributed by atoms with Gasteiger partial charge >= 0.3 is 5.97 Å². The van der Waals surface area contributed by atoms with Gasteiger partial charge in [-0.05, 0) is 43.7 Å². The van der Waals surface area contributed by atoms with Crippen molar-refractivity contribution < 1.29 is 18.3 Å². The van der Waals surface area contributed by atoms with Crippen LogP contribution in [0.1, 0.15) is 41.6 Å². The van der Waals surface area contributed by atoms with Gasteiger partial charge in [0, 0.05) is 23.9 Å². The van der Waals surface area contributed by atoms with E-state index in [0.29, 0.717) is 23.6 Å². The van der Waals surface area contributed by atoms with Gasteiger partial charge in [0.15, 0.2) is 9.84 Å². The van der Waals surface area contributed by atoms with Crippen molar-refractivity contribution in [3.63, 3.8) is 0 Å². The number of hydrogen-bond donors (Lipinski definition) is 1. The summed E-state index contributed by atoms with van der Waals surface area (Å²) in [7, 11) is -1.24. The minimum Gasteiger partial charge on any atom is -0.478 e. The summed E-state index contributed by atoms with van der Waals surface area (Å²) in [5.41, 5.74) is 0.882. The molecule has 0 aliphatic heterocycles. The minimum absolute atomic E-state index is 0.0664. The van der Waals surface area contributed by atoms with E-state index < -0.39 is 15.8 Å². The van der Waals surface area contributed by atoms with Gasteiger partial charge < -0.3 is 5.11 Å². The lowest BCUT2D eigenvalue weighted by molar-refractivity contribution is 0.0696. The molecule has 1 aliphatic rings. The van der Waals surface area contributed by atoms with E-state index in [2.05, 4.69) is 0 Å². The Labute approximate surface area is 142 Å². The van der Waals surface area contributed by atoms with Crippen molar-refractivity contribution in [1.82, 2.24) is 4.90 Å². The summed E-state index contributed by atoms with van der Waals surface area (Å²) in [5, 5.41) is 9.22. The molecule has 5 nitrogen and oxygen atoms in total. The highest BCUT2D eigenvalue weighted by Crippen LogP contribution is 2.29. The Kier molecular flexibility index (Phi) is 5.70. The van der Waals surface area contributed by atoms with Crippen LogP contribution in [0.4, 0.5) is 0 Å². The van der Waals surface area contributed by atoms with Crippen LogP contribution < -0.4 is 0 Å². The molecule has 0 radical (unpaired) electrons. The molecule has 7 heteroatoms. The summed E-state index contributed by atoms with van der Waals surface area (Å²) in [6, 6.07) is 4.53. The maximum absolute atomic E-state index is 12.0. The molecule has 1 N–H and O–H groups in total. The van der Waals surface area contributed by atoms with Gasteiger partial charge in [0.25, 0.3) is 0 Å². The number of carbonyl (C=O) groups is 1. The molecule has 1 fully saturated rings. The number of nitrogens with zero attached hydrogens (tertiary/aromatic N) is 1. The third-order valence-electron chi connectivity index (χ3n) is 4.50. The molecule has 0 bridgehead atoms. The van der Waals surface area contributed by atoms with Crippen molar-refractivity contribution in [2.45, 2.75) is 43.5 Å². The molecule has 1 saturated carbocycles. The van der Waals surface area contributed by atoms with Gasteiger partial charge in [-0.2, -0.15) is 0 Å². The molecule has 1 aromatic carbocycles. The molecule has 2 rings (SSSR count). The summed E-state index contributed by atoms with van der Waals surface area (Å²) >= 11 is 6.17. The Morgan fingerprint density at radius 3 is 2.61 bits per heavy atom. The smallest absolute Gasteiger partial charge is 0.335 e. The van der Waals surface area contributed by atoms with Crippen LogP contribution in [0.2, 0.25) is 5.02 Å². The predicted octanol–water partition coefficient (Wildman–Crippen LogP) is 2.83. The fourth-order valence-electron chi connectivity index (χ4n) is 3.30. The number of carboxylic acids is 1. The minimum atomic E-state index is -3.11. The van der Waals surface area contributed by atoms with Crippen molar-refractivity contribution in [2.75, 3.05) is 13.3 Å². The molecule has 0 amide bonds. The van der Waals surface area contributed by atoms with Crippen molar-refractivity contribution in [3.05, 3.63) is 34.3 Å². The zero-order valence-corrected chi connectivity index (χ0v) is 14.9. The van der Waals surface area contributed by atoms with Crippen molar-refractivity contribution >= 4 is 27.4 Å². The Hall–Kier alpha value is -1.11. The molecule has 23 heavy (non-hydrogen) atoms. The van der Waals surface area contributed by atoms with Gasteiger partial charge in [-0.15, -0.1) is 0 Å². The van der Waals surface area contributed by atoms with Crippen molar-refractivity contribution in [3.8, 4) is 0 Å². The average molecular weight is 360 g/mol. The molecule has 0 aromatic heterocycles. The first-order valence-corrected chi connectivity index (χ1v) is 9.94. The third-order valence-corrected chi connectivity index (χ3v) is 6.51. The zero-order valence-electron chi connectivity index (χ0n) is 13.3. The lowest BCUT2D eigenvalue weighted by Crippen LogP contribution is -2.46. The Morgan fingerprint density at radius 1 is 1.35 bits per heavy atom. The number of hydrogen-bond acceptors (Lipinski definition) is 4. The van der Waals surface area contributed by atoms with E-state index >= 15 is 0 Å². The summed E-state index contributed by atoms with van der Waals surface area (Å²) in [6.07, 6.45) is 4.73. The highest BCUT2D eigenvalue weighted by molar-refractivity contribution is 7.91. The van der Waals surface area contributed by atoms with Crippen LogP contribution in [0.25, 0.3) is 0 Å². The van der Waals surface area contributed by atoms with E-state index in [1.54, 1.807) is 12.1 Å². The molecule has 0 spiro atoms. The molecule has 128 valence electrons. The van der Waals surface area contributed by atoms with Gasteiger partial charge in [-0.3, -0.25) is 4.90 Å². The first-order chi connectivity index (χ1) is 10.7. The fraction of sp³-hybridized carbons (Fsp3) is 0.562. The van der Waals surface area contributed by atoms with Gasteiger partial charge in [0.1, 0.15) is 0 Å². The second-order valence-electron chi connectivity index (χ2n) is 6.25. The quantitative estimate of drug-likeness (QED) is 0.874. The van der Waals surface area contributed by atoms with E-state index in [1.165, 1.54) is 12.3 Å². The van der Waals surface area contributed by atoms with Crippen molar-refractivity contribution in [1.29, 1.82) is 0 Å². The number of carboxylic acid groups (broad SMARTS) is 1. The second kappa shape index (κ2) is 7.20. The number of sulfone groups is 1. The largest absolute Gasteiger partial charge is 0.478 e. The molecule has 2 unspecified atom stereocenters. The normalized spacial score (nSPS) is 22.3. The second-order valence-corrected chi connectivity index (χ2v) is 8.92. The average Bonchev–Trinajstić information content (AvgIpc) is 2.48. The van der Waals surface area contributed by atoms with Gasteiger partial charge in [0.2, 0.25) is 0 Å². The fourth-order valence-corrected chi connectivity index (χ4v) is 4.98. The van der Waals surface area contributed by atoms with Crippen LogP contribution in [0, 0.1) is 0 Å². The van der Waals surface area contributed by atoms with Crippen LogP contribution in [0.15, 0.2) is 18.2 Å². The van der Waals surface area contributed by atoms with Gasteiger partial charge in [-0.25, -0.2) is 13.2 Å². The van der Waals surface area contributed by atoms with E-state index in [0.717, 1.165) is 19.3 Å². The van der Waals surface area contributed by atoms with Crippen LogP contribution in [0.3, 0.4) is 0 Å². The molecular formula is C16H22ClNO4S. The summed E-state index contributed by atoms with van der Waals surface area (Å²) in [6.45, 7) is 0.427. The molecule has 0 saturated heterocycles. The molecule has 2 atom stereocenters. The number of halogens is 1. The summed E-state index contributed by atoms with van der Waals surface area (Å²) in [5.74, 6) is -1.00. The third kappa shape index (κ3) is 4.46. The van der Waals surface area contributed by atoms with Crippen LogP contribution in [-0.4, -0.2) is 49.0 Å². The number of rotatable bonds is 5. The first-order valence-electron chi connectivity index (χ1n) is 7.61. The van der Waals surface area contributed by atoms with Crippen LogP contribution in [0.5, 0.6) is 0 Å². The topological polar surface area (TPSA) is 74.7 Å². The molecular weight excluding hydrogens is 338 g/mol. The highest BCUT2D eigenvalue weighted by Gasteiger charge is 2.35. The number of aromatic carboxylic acids is 1. The zero-order chi connectivity index (χ0) is 17.2. The first kappa shape index (κ1) is 18.2. The van der Waals surface area contributed by atoms with E-state index in [1.807, 2.05) is 11.9 Å². The Morgan fingerprint density at radius 2 is 2.00 bits per heavy atom. The predicted molar refractivity (Wildman–Crippen MR) is 90.8 cm³/mol. The molecule has 1 aromatic rings. The van der Waals surface area contributed by atoms with Crippen LogP contribution in [-0.2, 0) is 16.4 Å². The lowest BCUT2D eigenvalue weighted by atomic mass is 9.93.